The van der Waals surface area contributed by atoms with E-state index >= 15 is 0 Å². The zero-order valence-corrected chi connectivity index (χ0v) is 8.32. The molecule has 72 valence electrons. The van der Waals surface area contributed by atoms with Gasteiger partial charge in [0.15, 0.2) is 0 Å². The van der Waals surface area contributed by atoms with Gasteiger partial charge in [0.25, 0.3) is 0 Å². The maximum atomic E-state index is 13.0. The molecule has 0 aliphatic rings. The number of hydrogen-bond donors (Lipinski definition) is 1. The molecule has 0 amide bonds. The molecule has 0 spiro atoms. The Morgan fingerprint density at radius 2 is 2.21 bits per heavy atom. The second kappa shape index (κ2) is 3.38. The minimum Gasteiger partial charge on any atom is -0.312 e. The van der Waals surface area contributed by atoms with E-state index in [1.165, 1.54) is 6.07 Å². The Morgan fingerprint density at radius 1 is 1.43 bits per heavy atom. The van der Waals surface area contributed by atoms with Crippen LogP contribution in [0.2, 0.25) is 0 Å². The molecule has 2 nitrogen and oxygen atoms in total. The van der Waals surface area contributed by atoms with Crippen molar-refractivity contribution in [3.05, 3.63) is 44.6 Å². The lowest BCUT2D eigenvalue weighted by atomic mass is 10.1. The van der Waals surface area contributed by atoms with Crippen LogP contribution in [0.25, 0.3) is 11.3 Å². The highest BCUT2D eigenvalue weighted by molar-refractivity contribution is 7.07. The smallest absolute Gasteiger partial charge is 0.304 e. The fourth-order valence-corrected chi connectivity index (χ4v) is 1.82. The predicted molar refractivity (Wildman–Crippen MR) is 55.1 cm³/mol. The molecular formula is C10H8FNOS. The van der Waals surface area contributed by atoms with Crippen molar-refractivity contribution in [2.75, 3.05) is 0 Å². The molecule has 2 aromatic rings. The van der Waals surface area contributed by atoms with E-state index in [9.17, 15) is 9.18 Å². The Kier molecular flexibility index (Phi) is 2.21. The maximum Gasteiger partial charge on any atom is 0.304 e. The third-order valence-electron chi connectivity index (χ3n) is 1.99. The highest BCUT2D eigenvalue weighted by Gasteiger charge is 2.03. The van der Waals surface area contributed by atoms with Crippen LogP contribution in [0.15, 0.2) is 28.4 Å². The standard InChI is InChI=1S/C10H8FNOS/c1-6-4-7(2-3-8(6)11)9-5-14-10(13)12-9/h2-5H,1H3,(H,12,13). The lowest BCUT2D eigenvalue weighted by Gasteiger charge is -1.99. The Bertz CT molecular complexity index is 515. The van der Waals surface area contributed by atoms with Crippen LogP contribution in [-0.2, 0) is 0 Å². The third kappa shape index (κ3) is 1.61. The lowest BCUT2D eigenvalue weighted by molar-refractivity contribution is 0.619. The Hall–Kier alpha value is -1.42. The second-order valence-electron chi connectivity index (χ2n) is 3.03. The summed E-state index contributed by atoms with van der Waals surface area (Å²) in [6.07, 6.45) is 0. The number of aromatic nitrogens is 1. The quantitative estimate of drug-likeness (QED) is 0.769. The van der Waals surface area contributed by atoms with E-state index in [1.54, 1.807) is 24.4 Å². The van der Waals surface area contributed by atoms with Crippen molar-refractivity contribution in [3.8, 4) is 11.3 Å². The second-order valence-corrected chi connectivity index (χ2v) is 3.87. The minimum absolute atomic E-state index is 0.0954. The van der Waals surface area contributed by atoms with Crippen LogP contribution in [-0.4, -0.2) is 4.98 Å². The molecule has 1 heterocycles. The van der Waals surface area contributed by atoms with Gasteiger partial charge in [0, 0.05) is 5.38 Å². The van der Waals surface area contributed by atoms with Gasteiger partial charge in [-0.05, 0) is 36.2 Å². The summed E-state index contributed by atoms with van der Waals surface area (Å²) in [5.41, 5.74) is 2.15. The van der Waals surface area contributed by atoms with Gasteiger partial charge < -0.3 is 4.98 Å². The highest BCUT2D eigenvalue weighted by atomic mass is 32.1. The van der Waals surface area contributed by atoms with Gasteiger partial charge in [-0.2, -0.15) is 0 Å². The molecule has 1 aromatic carbocycles. The van der Waals surface area contributed by atoms with Gasteiger partial charge in [-0.1, -0.05) is 11.3 Å². The summed E-state index contributed by atoms with van der Waals surface area (Å²) in [7, 11) is 0. The summed E-state index contributed by atoms with van der Waals surface area (Å²) in [6.45, 7) is 1.70. The lowest BCUT2D eigenvalue weighted by Crippen LogP contribution is -1.92. The molecule has 0 atom stereocenters. The van der Waals surface area contributed by atoms with Crippen molar-refractivity contribution in [1.29, 1.82) is 0 Å². The highest BCUT2D eigenvalue weighted by Crippen LogP contribution is 2.19. The van der Waals surface area contributed by atoms with E-state index in [-0.39, 0.29) is 10.7 Å². The molecular weight excluding hydrogens is 201 g/mol. The van der Waals surface area contributed by atoms with Gasteiger partial charge >= 0.3 is 4.87 Å². The van der Waals surface area contributed by atoms with Crippen LogP contribution in [0, 0.1) is 12.7 Å². The molecule has 0 radical (unpaired) electrons. The first-order valence-corrected chi connectivity index (χ1v) is 4.99. The van der Waals surface area contributed by atoms with E-state index in [1.807, 2.05) is 0 Å². The van der Waals surface area contributed by atoms with E-state index in [0.29, 0.717) is 5.56 Å². The summed E-state index contributed by atoms with van der Waals surface area (Å²) in [5, 5.41) is 1.73. The van der Waals surface area contributed by atoms with Gasteiger partial charge in [-0.25, -0.2) is 4.39 Å². The SMILES string of the molecule is Cc1cc(-c2csc(=O)[nH]2)ccc1F. The number of H-pyrrole nitrogens is 1. The maximum absolute atomic E-state index is 13.0. The summed E-state index contributed by atoms with van der Waals surface area (Å²) in [4.78, 5) is 13.5. The Morgan fingerprint density at radius 3 is 2.79 bits per heavy atom. The van der Waals surface area contributed by atoms with Gasteiger partial charge in [0.2, 0.25) is 0 Å². The zero-order valence-electron chi connectivity index (χ0n) is 7.50. The molecule has 14 heavy (non-hydrogen) atoms. The largest absolute Gasteiger partial charge is 0.312 e. The first kappa shape index (κ1) is 9.15. The summed E-state index contributed by atoms with van der Waals surface area (Å²) in [5.74, 6) is -0.230. The van der Waals surface area contributed by atoms with Gasteiger partial charge in [-0.3, -0.25) is 4.79 Å². The van der Waals surface area contributed by atoms with Crippen molar-refractivity contribution < 1.29 is 4.39 Å². The van der Waals surface area contributed by atoms with Crippen LogP contribution in [0.1, 0.15) is 5.56 Å². The summed E-state index contributed by atoms with van der Waals surface area (Å²) < 4.78 is 13.0. The van der Waals surface area contributed by atoms with Crippen molar-refractivity contribution in [1.82, 2.24) is 4.98 Å². The van der Waals surface area contributed by atoms with Crippen LogP contribution in [0.4, 0.5) is 4.39 Å². The van der Waals surface area contributed by atoms with E-state index in [2.05, 4.69) is 4.98 Å². The fraction of sp³-hybridized carbons (Fsp3) is 0.100. The number of benzene rings is 1. The molecule has 1 N–H and O–H groups in total. The molecule has 0 aliphatic carbocycles. The van der Waals surface area contributed by atoms with E-state index in [4.69, 9.17) is 0 Å². The third-order valence-corrected chi connectivity index (χ3v) is 2.66. The number of thiazole rings is 1. The molecule has 0 unspecified atom stereocenters. The average Bonchev–Trinajstić information content (AvgIpc) is 2.57. The molecule has 0 fully saturated rings. The van der Waals surface area contributed by atoms with Crippen LogP contribution >= 0.6 is 11.3 Å². The zero-order chi connectivity index (χ0) is 10.1. The molecule has 0 saturated heterocycles. The molecule has 0 aliphatic heterocycles. The van der Waals surface area contributed by atoms with Crippen LogP contribution in [0.5, 0.6) is 0 Å². The van der Waals surface area contributed by atoms with E-state index in [0.717, 1.165) is 22.6 Å². The Balaban J connectivity index is 2.52. The van der Waals surface area contributed by atoms with Gasteiger partial charge in [0.1, 0.15) is 5.82 Å². The normalized spacial score (nSPS) is 10.4. The van der Waals surface area contributed by atoms with Gasteiger partial charge in [-0.15, -0.1) is 0 Å². The number of halogens is 1. The van der Waals surface area contributed by atoms with Crippen molar-refractivity contribution in [2.45, 2.75) is 6.92 Å². The first-order chi connectivity index (χ1) is 6.66. The van der Waals surface area contributed by atoms with Crippen LogP contribution in [0.3, 0.4) is 0 Å². The fourth-order valence-electron chi connectivity index (χ4n) is 1.23. The number of aromatic amines is 1. The molecule has 1 aromatic heterocycles. The monoisotopic (exact) mass is 209 g/mol. The minimum atomic E-state index is -0.230. The number of nitrogens with one attached hydrogen (secondary N) is 1. The molecule has 2 rings (SSSR count). The number of aryl methyl sites for hydroxylation is 1. The predicted octanol–water partition coefficient (Wildman–Crippen LogP) is 2.55. The van der Waals surface area contributed by atoms with Crippen molar-refractivity contribution >= 4 is 11.3 Å². The van der Waals surface area contributed by atoms with Crippen molar-refractivity contribution in [2.24, 2.45) is 0 Å². The number of hydrogen-bond acceptors (Lipinski definition) is 2. The molecule has 0 saturated carbocycles. The van der Waals surface area contributed by atoms with Crippen LogP contribution < -0.4 is 4.87 Å². The molecule has 4 heteroatoms. The number of rotatable bonds is 1. The summed E-state index contributed by atoms with van der Waals surface area (Å²) in [6, 6.07) is 4.77. The average molecular weight is 209 g/mol. The van der Waals surface area contributed by atoms with Gasteiger partial charge in [0.05, 0.1) is 5.69 Å². The Labute approximate surface area is 84.0 Å². The topological polar surface area (TPSA) is 32.9 Å². The van der Waals surface area contributed by atoms with Crippen molar-refractivity contribution in [3.63, 3.8) is 0 Å². The molecule has 0 bridgehead atoms. The summed E-state index contributed by atoms with van der Waals surface area (Å²) >= 11 is 1.10. The first-order valence-electron chi connectivity index (χ1n) is 4.11. The van der Waals surface area contributed by atoms with E-state index < -0.39 is 0 Å².